The molecule has 0 atom stereocenters. The summed E-state index contributed by atoms with van der Waals surface area (Å²) in [4.78, 5) is 9.62. The molecule has 8 bridgehead atoms. The van der Waals surface area contributed by atoms with Gasteiger partial charge in [0.2, 0.25) is 0 Å². The molecule has 0 radical (unpaired) electrons. The molecule has 0 spiro atoms. The number of ether oxygens (including phenoxy) is 2. The van der Waals surface area contributed by atoms with Crippen molar-refractivity contribution in [2.45, 2.75) is 66.2 Å². The summed E-state index contributed by atoms with van der Waals surface area (Å²) in [5.41, 5.74) is 12.9. The SMILES string of the molecule is CCCOc1c2cc(C=Nc3ccc(C)cc3)cc1Cc1cccc(c1O)Cc1cc(C=Nc3ccc(C)cc3)cc(c1OCCC)Cc1cccc(c1O)C2. The van der Waals surface area contributed by atoms with Crippen molar-refractivity contribution in [3.05, 3.63) is 176 Å². The number of nitrogens with zero attached hydrogens (tertiary/aromatic N) is 2. The van der Waals surface area contributed by atoms with Gasteiger partial charge in [-0.1, -0.05) is 85.6 Å². The van der Waals surface area contributed by atoms with Crippen molar-refractivity contribution < 1.29 is 19.7 Å². The van der Waals surface area contributed by atoms with Crippen LogP contribution in [0.1, 0.15) is 93.5 Å². The van der Waals surface area contributed by atoms with Crippen LogP contribution in [0.15, 0.2) is 119 Å². The normalized spacial score (nSPS) is 12.6. The zero-order valence-corrected chi connectivity index (χ0v) is 32.8. The number of rotatable bonds is 10. The summed E-state index contributed by atoms with van der Waals surface area (Å²) < 4.78 is 13.1. The fraction of sp³-hybridized carbons (Fsp3) is 0.240. The van der Waals surface area contributed by atoms with Crippen LogP contribution < -0.4 is 9.47 Å². The van der Waals surface area contributed by atoms with Crippen LogP contribution in [0.2, 0.25) is 0 Å². The fourth-order valence-corrected chi connectivity index (χ4v) is 7.26. The Balaban J connectivity index is 1.40. The van der Waals surface area contributed by atoms with Crippen molar-refractivity contribution in [3.8, 4) is 23.0 Å². The van der Waals surface area contributed by atoms with Crippen LogP contribution in [0.4, 0.5) is 11.4 Å². The molecule has 0 unspecified atom stereocenters. The van der Waals surface area contributed by atoms with Gasteiger partial charge in [-0.3, -0.25) is 9.98 Å². The Morgan fingerprint density at radius 2 is 0.804 bits per heavy atom. The monoisotopic (exact) mass is 742 g/mol. The molecule has 6 aromatic rings. The Morgan fingerprint density at radius 3 is 1.11 bits per heavy atom. The van der Waals surface area contributed by atoms with Gasteiger partial charge in [0.1, 0.15) is 23.0 Å². The number of aryl methyl sites for hydroxylation is 2. The van der Waals surface area contributed by atoms with Crippen LogP contribution in [0.25, 0.3) is 0 Å². The molecule has 56 heavy (non-hydrogen) atoms. The van der Waals surface area contributed by atoms with Gasteiger partial charge in [-0.25, -0.2) is 0 Å². The lowest BCUT2D eigenvalue weighted by Gasteiger charge is -2.21. The maximum absolute atomic E-state index is 12.0. The van der Waals surface area contributed by atoms with E-state index in [1.807, 2.05) is 73.1 Å². The van der Waals surface area contributed by atoms with E-state index in [4.69, 9.17) is 19.5 Å². The molecule has 0 heterocycles. The van der Waals surface area contributed by atoms with Gasteiger partial charge >= 0.3 is 0 Å². The van der Waals surface area contributed by atoms with E-state index in [-0.39, 0.29) is 11.5 Å². The molecular weight excluding hydrogens is 693 g/mol. The molecule has 0 fully saturated rings. The van der Waals surface area contributed by atoms with E-state index in [2.05, 4.69) is 76.2 Å². The van der Waals surface area contributed by atoms with Gasteiger partial charge < -0.3 is 19.7 Å². The summed E-state index contributed by atoms with van der Waals surface area (Å²) in [6, 6.07) is 36.7. The summed E-state index contributed by atoms with van der Waals surface area (Å²) in [5, 5.41) is 24.0. The molecule has 1 aliphatic carbocycles. The molecule has 0 amide bonds. The summed E-state index contributed by atoms with van der Waals surface area (Å²) in [6.07, 6.45) is 7.22. The smallest absolute Gasteiger partial charge is 0.126 e. The summed E-state index contributed by atoms with van der Waals surface area (Å²) in [5.74, 6) is 2.06. The average Bonchev–Trinajstić information content (AvgIpc) is 3.19. The third-order valence-corrected chi connectivity index (χ3v) is 10.2. The molecule has 0 saturated heterocycles. The van der Waals surface area contributed by atoms with Gasteiger partial charge in [-0.2, -0.15) is 0 Å². The standard InChI is InChI=1S/C50H50N2O4/c1-5-21-55-49-41-23-35(31-51-45-17-13-33(3)14-18-45)24-42(49)28-38-10-8-12-40(48(38)54)30-44-26-36(32-52-46-19-15-34(4)16-20-46)25-43(50(44)56-22-6-2)29-39-11-7-9-37(27-41)47(39)53/h7-20,23-26,31-32,53-54H,5-6,21-22,27-30H2,1-4H3. The van der Waals surface area contributed by atoms with Crippen LogP contribution in [0, 0.1) is 13.8 Å². The van der Waals surface area contributed by atoms with E-state index >= 15 is 0 Å². The molecule has 0 saturated carbocycles. The summed E-state index contributed by atoms with van der Waals surface area (Å²) >= 11 is 0. The Morgan fingerprint density at radius 1 is 0.482 bits per heavy atom. The number of benzene rings is 6. The number of phenols is 2. The molecule has 7 rings (SSSR count). The predicted octanol–water partition coefficient (Wildman–Crippen LogP) is 11.5. The molecule has 6 heteroatoms. The topological polar surface area (TPSA) is 83.6 Å². The first-order valence-corrected chi connectivity index (χ1v) is 19.7. The van der Waals surface area contributed by atoms with Gasteiger partial charge in [0.25, 0.3) is 0 Å². The first-order valence-electron chi connectivity index (χ1n) is 19.7. The highest BCUT2D eigenvalue weighted by molar-refractivity contribution is 5.84. The number of para-hydroxylation sites is 2. The van der Waals surface area contributed by atoms with Crippen molar-refractivity contribution >= 4 is 23.8 Å². The van der Waals surface area contributed by atoms with Crippen molar-refractivity contribution in [1.29, 1.82) is 0 Å². The Hall–Kier alpha value is -6.14. The van der Waals surface area contributed by atoms with E-state index in [1.54, 1.807) is 0 Å². The van der Waals surface area contributed by atoms with Crippen LogP contribution in [-0.4, -0.2) is 35.9 Å². The van der Waals surface area contributed by atoms with Crippen molar-refractivity contribution in [2.24, 2.45) is 9.98 Å². The van der Waals surface area contributed by atoms with Gasteiger partial charge in [-0.05, 0) is 131 Å². The lowest BCUT2D eigenvalue weighted by Crippen LogP contribution is -2.08. The molecule has 1 aliphatic rings. The number of hydrogen-bond acceptors (Lipinski definition) is 6. The number of hydrogen-bond donors (Lipinski definition) is 2. The fourth-order valence-electron chi connectivity index (χ4n) is 7.26. The average molecular weight is 743 g/mol. The quantitative estimate of drug-likeness (QED) is 0.137. The molecular formula is C50H50N2O4. The van der Waals surface area contributed by atoms with Crippen LogP contribution in [0.5, 0.6) is 23.0 Å². The van der Waals surface area contributed by atoms with E-state index in [0.29, 0.717) is 38.9 Å². The molecule has 0 aliphatic heterocycles. The van der Waals surface area contributed by atoms with Crippen molar-refractivity contribution in [1.82, 2.24) is 0 Å². The minimum Gasteiger partial charge on any atom is -0.507 e. The van der Waals surface area contributed by atoms with E-state index in [9.17, 15) is 10.2 Å². The predicted molar refractivity (Wildman–Crippen MR) is 229 cm³/mol. The Bertz CT molecular complexity index is 2120. The lowest BCUT2D eigenvalue weighted by atomic mass is 9.90. The maximum Gasteiger partial charge on any atom is 0.126 e. The van der Waals surface area contributed by atoms with Gasteiger partial charge in [0.05, 0.1) is 24.6 Å². The van der Waals surface area contributed by atoms with Crippen LogP contribution in [-0.2, 0) is 25.7 Å². The minimum atomic E-state index is 0.255. The summed E-state index contributed by atoms with van der Waals surface area (Å²) in [7, 11) is 0. The Kier molecular flexibility index (Phi) is 12.0. The number of aliphatic imine (C=N–C) groups is 2. The highest BCUT2D eigenvalue weighted by Gasteiger charge is 2.21. The van der Waals surface area contributed by atoms with E-state index in [1.165, 1.54) is 11.1 Å². The third kappa shape index (κ3) is 9.03. The minimum absolute atomic E-state index is 0.255. The van der Waals surface area contributed by atoms with E-state index < -0.39 is 0 Å². The second-order valence-corrected chi connectivity index (χ2v) is 14.8. The van der Waals surface area contributed by atoms with Crippen LogP contribution >= 0.6 is 0 Å². The second-order valence-electron chi connectivity index (χ2n) is 14.8. The highest BCUT2D eigenvalue weighted by atomic mass is 16.5. The van der Waals surface area contributed by atoms with Crippen molar-refractivity contribution in [2.75, 3.05) is 13.2 Å². The first-order chi connectivity index (χ1) is 27.3. The highest BCUT2D eigenvalue weighted by Crippen LogP contribution is 2.39. The largest absolute Gasteiger partial charge is 0.507 e. The van der Waals surface area contributed by atoms with Crippen molar-refractivity contribution in [3.63, 3.8) is 0 Å². The number of aromatic hydroxyl groups is 2. The van der Waals surface area contributed by atoms with E-state index in [0.717, 1.165) is 91.3 Å². The Labute approximate surface area is 330 Å². The molecule has 6 aromatic carbocycles. The number of phenolic OH excluding ortho intramolecular Hbond substituents is 2. The second kappa shape index (κ2) is 17.5. The number of fused-ring (bicyclic) bond motifs is 8. The van der Waals surface area contributed by atoms with Gasteiger partial charge in [0.15, 0.2) is 0 Å². The van der Waals surface area contributed by atoms with Gasteiger partial charge in [0, 0.05) is 38.1 Å². The lowest BCUT2D eigenvalue weighted by molar-refractivity contribution is 0.311. The molecule has 6 nitrogen and oxygen atoms in total. The molecule has 2 N–H and O–H groups in total. The summed E-state index contributed by atoms with van der Waals surface area (Å²) in [6.45, 7) is 9.40. The first kappa shape index (κ1) is 38.1. The third-order valence-electron chi connectivity index (χ3n) is 10.2. The zero-order chi connectivity index (χ0) is 39.0. The molecule has 0 aromatic heterocycles. The van der Waals surface area contributed by atoms with Crippen LogP contribution in [0.3, 0.4) is 0 Å². The molecule has 284 valence electrons. The zero-order valence-electron chi connectivity index (χ0n) is 32.8. The van der Waals surface area contributed by atoms with Gasteiger partial charge in [-0.15, -0.1) is 0 Å². The maximum atomic E-state index is 12.0.